The number of nitriles is 1. The fourth-order valence-corrected chi connectivity index (χ4v) is 8.84. The lowest BCUT2D eigenvalue weighted by Gasteiger charge is -2.39. The second-order valence-electron chi connectivity index (χ2n) is 14.6. The molecule has 1 spiro atoms. The molecular formula is C53H32N4O. The quantitative estimate of drug-likeness (QED) is 0.176. The molecule has 0 atom stereocenters. The summed E-state index contributed by atoms with van der Waals surface area (Å²) in [5.41, 5.74) is 14.0. The van der Waals surface area contributed by atoms with Crippen molar-refractivity contribution in [1.82, 2.24) is 15.0 Å². The summed E-state index contributed by atoms with van der Waals surface area (Å²) >= 11 is 0. The average Bonchev–Trinajstić information content (AvgIpc) is 3.59. The molecule has 8 aromatic carbocycles. The third-order valence-corrected chi connectivity index (χ3v) is 11.5. The summed E-state index contributed by atoms with van der Waals surface area (Å²) in [6.45, 7) is 0. The lowest BCUT2D eigenvalue weighted by atomic mass is 9.66. The van der Waals surface area contributed by atoms with E-state index in [-0.39, 0.29) is 0 Å². The first kappa shape index (κ1) is 33.4. The molecule has 0 saturated heterocycles. The van der Waals surface area contributed by atoms with Crippen molar-refractivity contribution in [3.63, 3.8) is 0 Å². The fourth-order valence-electron chi connectivity index (χ4n) is 8.84. The van der Waals surface area contributed by atoms with E-state index in [4.69, 9.17) is 19.7 Å². The molecule has 1 aromatic heterocycles. The van der Waals surface area contributed by atoms with Crippen LogP contribution in [0.2, 0.25) is 0 Å². The number of aromatic nitrogens is 3. The molecule has 1 aliphatic carbocycles. The van der Waals surface area contributed by atoms with Crippen LogP contribution >= 0.6 is 0 Å². The van der Waals surface area contributed by atoms with Gasteiger partial charge < -0.3 is 4.74 Å². The molecule has 9 aromatic rings. The van der Waals surface area contributed by atoms with Gasteiger partial charge in [-0.25, -0.2) is 15.0 Å². The molecule has 58 heavy (non-hydrogen) atoms. The highest BCUT2D eigenvalue weighted by Gasteiger charge is 2.51. The number of rotatable bonds is 5. The lowest BCUT2D eigenvalue weighted by Crippen LogP contribution is -2.32. The van der Waals surface area contributed by atoms with E-state index in [9.17, 15) is 5.26 Å². The van der Waals surface area contributed by atoms with Gasteiger partial charge in [-0.3, -0.25) is 0 Å². The molecule has 1 aliphatic heterocycles. The Morgan fingerprint density at radius 2 is 0.862 bits per heavy atom. The van der Waals surface area contributed by atoms with Gasteiger partial charge in [0.05, 0.1) is 17.0 Å². The first-order valence-electron chi connectivity index (χ1n) is 19.3. The highest BCUT2D eigenvalue weighted by atomic mass is 16.5. The summed E-state index contributed by atoms with van der Waals surface area (Å²) in [7, 11) is 0. The smallest absolute Gasteiger partial charge is 0.164 e. The molecule has 0 amide bonds. The van der Waals surface area contributed by atoms with Crippen molar-refractivity contribution < 1.29 is 4.74 Å². The molecule has 0 fully saturated rings. The van der Waals surface area contributed by atoms with Gasteiger partial charge in [0.2, 0.25) is 0 Å². The molecule has 270 valence electrons. The Bertz CT molecular complexity index is 2980. The number of benzene rings is 8. The molecule has 5 nitrogen and oxygen atoms in total. The van der Waals surface area contributed by atoms with E-state index < -0.39 is 5.41 Å². The third-order valence-electron chi connectivity index (χ3n) is 11.5. The number of hydrogen-bond donors (Lipinski definition) is 0. The Labute approximate surface area is 336 Å². The minimum Gasteiger partial charge on any atom is -0.457 e. The molecule has 11 rings (SSSR count). The van der Waals surface area contributed by atoms with E-state index in [0.717, 1.165) is 72.7 Å². The van der Waals surface area contributed by atoms with Gasteiger partial charge in [-0.2, -0.15) is 5.26 Å². The van der Waals surface area contributed by atoms with E-state index in [1.807, 2.05) is 97.1 Å². The summed E-state index contributed by atoms with van der Waals surface area (Å²) in [6.07, 6.45) is 0. The number of fused-ring (bicyclic) bond motifs is 9. The van der Waals surface area contributed by atoms with Crippen LogP contribution in [0.1, 0.15) is 27.8 Å². The molecule has 2 heterocycles. The molecule has 0 N–H and O–H groups in total. The van der Waals surface area contributed by atoms with Gasteiger partial charge >= 0.3 is 0 Å². The van der Waals surface area contributed by atoms with Gasteiger partial charge in [-0.1, -0.05) is 164 Å². The Morgan fingerprint density at radius 3 is 1.45 bits per heavy atom. The summed E-state index contributed by atoms with van der Waals surface area (Å²) in [5.74, 6) is 3.52. The maximum absolute atomic E-state index is 9.32. The molecular weight excluding hydrogens is 709 g/mol. The Hall–Kier alpha value is -7.94. The standard InChI is InChI=1S/C53H32N4O/c54-33-34-22-24-35(25-23-34)36-26-28-37(29-27-36)41-16-11-19-45-49(41)42-31-30-40(32-46(42)53(45)43-17-7-9-20-47(43)58-48-21-10-8-18-44(48)53)52-56-50(38-12-3-1-4-13-38)55-51(57-52)39-14-5-2-6-15-39/h1-32H. The van der Waals surface area contributed by atoms with Crippen LogP contribution in [0.5, 0.6) is 11.5 Å². The predicted octanol–water partition coefficient (Wildman–Crippen LogP) is 12.5. The summed E-state index contributed by atoms with van der Waals surface area (Å²) in [6, 6.07) is 69.2. The maximum Gasteiger partial charge on any atom is 0.164 e. The Balaban J connectivity index is 1.16. The van der Waals surface area contributed by atoms with Crippen LogP contribution in [-0.2, 0) is 5.41 Å². The van der Waals surface area contributed by atoms with Crippen molar-refractivity contribution in [1.29, 1.82) is 5.26 Å². The summed E-state index contributed by atoms with van der Waals surface area (Å²) in [4.78, 5) is 15.3. The van der Waals surface area contributed by atoms with Gasteiger partial charge in [0.15, 0.2) is 17.5 Å². The van der Waals surface area contributed by atoms with Gasteiger partial charge in [0.25, 0.3) is 0 Å². The maximum atomic E-state index is 9.32. The molecule has 0 radical (unpaired) electrons. The van der Waals surface area contributed by atoms with Crippen molar-refractivity contribution in [3.05, 3.63) is 222 Å². The van der Waals surface area contributed by atoms with E-state index in [0.29, 0.717) is 23.0 Å². The van der Waals surface area contributed by atoms with Crippen LogP contribution in [0.15, 0.2) is 194 Å². The fraction of sp³-hybridized carbons (Fsp3) is 0.0189. The largest absolute Gasteiger partial charge is 0.457 e. The van der Waals surface area contributed by atoms with Crippen molar-refractivity contribution in [2.75, 3.05) is 0 Å². The lowest BCUT2D eigenvalue weighted by molar-refractivity contribution is 0.436. The zero-order valence-corrected chi connectivity index (χ0v) is 31.2. The number of hydrogen-bond acceptors (Lipinski definition) is 5. The zero-order valence-electron chi connectivity index (χ0n) is 31.2. The van der Waals surface area contributed by atoms with Crippen molar-refractivity contribution >= 4 is 0 Å². The first-order valence-corrected chi connectivity index (χ1v) is 19.3. The van der Waals surface area contributed by atoms with E-state index in [1.165, 1.54) is 11.1 Å². The Morgan fingerprint density at radius 1 is 0.379 bits per heavy atom. The van der Waals surface area contributed by atoms with Crippen LogP contribution in [0, 0.1) is 11.3 Å². The van der Waals surface area contributed by atoms with E-state index in [1.54, 1.807) is 0 Å². The van der Waals surface area contributed by atoms with Gasteiger partial charge in [-0.15, -0.1) is 0 Å². The predicted molar refractivity (Wildman–Crippen MR) is 229 cm³/mol. The molecule has 0 unspecified atom stereocenters. The van der Waals surface area contributed by atoms with Crippen LogP contribution < -0.4 is 4.74 Å². The van der Waals surface area contributed by atoms with Gasteiger partial charge in [-0.05, 0) is 74.8 Å². The molecule has 5 heteroatoms. The second-order valence-corrected chi connectivity index (χ2v) is 14.6. The van der Waals surface area contributed by atoms with Crippen molar-refractivity contribution in [2.45, 2.75) is 5.41 Å². The van der Waals surface area contributed by atoms with E-state index >= 15 is 0 Å². The summed E-state index contributed by atoms with van der Waals surface area (Å²) in [5, 5.41) is 9.32. The van der Waals surface area contributed by atoms with Crippen molar-refractivity contribution in [3.8, 4) is 85.1 Å². The minimum absolute atomic E-state index is 0.605. The average molecular weight is 741 g/mol. The normalized spacial score (nSPS) is 12.7. The zero-order chi connectivity index (χ0) is 38.6. The van der Waals surface area contributed by atoms with E-state index in [2.05, 4.69) is 103 Å². The van der Waals surface area contributed by atoms with Crippen LogP contribution in [0.25, 0.3) is 67.5 Å². The first-order chi connectivity index (χ1) is 28.7. The van der Waals surface area contributed by atoms with Crippen LogP contribution in [0.3, 0.4) is 0 Å². The molecule has 0 saturated carbocycles. The molecule has 0 bridgehead atoms. The third kappa shape index (κ3) is 5.20. The van der Waals surface area contributed by atoms with Crippen LogP contribution in [0.4, 0.5) is 0 Å². The minimum atomic E-state index is -0.692. The number of nitrogens with zero attached hydrogens (tertiary/aromatic N) is 4. The number of ether oxygens (including phenoxy) is 1. The van der Waals surface area contributed by atoms with Crippen LogP contribution in [-0.4, -0.2) is 15.0 Å². The topological polar surface area (TPSA) is 71.7 Å². The van der Waals surface area contributed by atoms with Crippen molar-refractivity contribution in [2.24, 2.45) is 0 Å². The second kappa shape index (κ2) is 13.4. The summed E-state index contributed by atoms with van der Waals surface area (Å²) < 4.78 is 6.67. The number of para-hydroxylation sites is 2. The highest BCUT2D eigenvalue weighted by Crippen LogP contribution is 2.63. The van der Waals surface area contributed by atoms with Gasteiger partial charge in [0, 0.05) is 27.8 Å². The molecule has 2 aliphatic rings. The Kier molecular flexibility index (Phi) is 7.70. The SMILES string of the molecule is N#Cc1ccc(-c2ccc(-c3cccc4c3-c3ccc(-c5nc(-c6ccccc6)nc(-c6ccccc6)n5)cc3C43c4ccccc4Oc4ccccc43)cc2)cc1. The monoisotopic (exact) mass is 740 g/mol. The highest BCUT2D eigenvalue weighted by molar-refractivity contribution is 5.97. The van der Waals surface area contributed by atoms with Gasteiger partial charge in [0.1, 0.15) is 11.5 Å².